The van der Waals surface area contributed by atoms with Crippen LogP contribution < -0.4 is 5.32 Å². The van der Waals surface area contributed by atoms with E-state index in [-0.39, 0.29) is 5.91 Å². The summed E-state index contributed by atoms with van der Waals surface area (Å²) in [5, 5.41) is 2.66. The van der Waals surface area contributed by atoms with E-state index < -0.39 is 16.1 Å². The highest BCUT2D eigenvalue weighted by Crippen LogP contribution is 2.22. The molecule has 0 saturated carbocycles. The van der Waals surface area contributed by atoms with Crippen LogP contribution in [-0.4, -0.2) is 47.4 Å². The smallest absolute Gasteiger partial charge is 0.245 e. The quantitative estimate of drug-likeness (QED) is 0.881. The Morgan fingerprint density at radius 1 is 1.43 bits per heavy atom. The van der Waals surface area contributed by atoms with Crippen molar-refractivity contribution in [1.82, 2.24) is 14.3 Å². The third kappa shape index (κ3) is 2.77. The van der Waals surface area contributed by atoms with E-state index >= 15 is 0 Å². The number of nitrogens with one attached hydrogen (secondary N) is 2. The van der Waals surface area contributed by atoms with Crippen LogP contribution in [0.1, 0.15) is 12.8 Å². The van der Waals surface area contributed by atoms with Crippen LogP contribution in [0.4, 0.5) is 5.95 Å². The zero-order chi connectivity index (χ0) is 15.0. The average Bonchev–Trinajstić information content (AvgIpc) is 3.03. The van der Waals surface area contributed by atoms with Crippen LogP contribution >= 0.6 is 0 Å². The number of nitrogens with zero attached hydrogens (tertiary/aromatic N) is 2. The molecular weight excluding hydrogens is 292 g/mol. The van der Waals surface area contributed by atoms with Crippen LogP contribution in [0, 0.1) is 0 Å². The lowest BCUT2D eigenvalue weighted by Gasteiger charge is -2.20. The number of carbonyl (C=O) groups excluding carboxylic acids is 1. The van der Waals surface area contributed by atoms with Crippen molar-refractivity contribution >= 4 is 32.9 Å². The number of para-hydroxylation sites is 2. The van der Waals surface area contributed by atoms with Crippen molar-refractivity contribution in [2.45, 2.75) is 18.9 Å². The van der Waals surface area contributed by atoms with Gasteiger partial charge in [-0.05, 0) is 25.0 Å². The average molecular weight is 308 g/mol. The molecule has 0 aliphatic carbocycles. The SMILES string of the molecule is CS(=O)(=O)N1CCC[C@@H]1C(=O)Nc1nc2ccccc2[nH]1. The van der Waals surface area contributed by atoms with Gasteiger partial charge in [-0.25, -0.2) is 13.4 Å². The third-order valence-electron chi connectivity index (χ3n) is 3.56. The normalized spacial score (nSPS) is 20.0. The van der Waals surface area contributed by atoms with Crippen LogP contribution in [0.25, 0.3) is 11.0 Å². The molecule has 21 heavy (non-hydrogen) atoms. The van der Waals surface area contributed by atoms with Crippen LogP contribution in [0.15, 0.2) is 24.3 Å². The second-order valence-corrected chi connectivity index (χ2v) is 7.06. The van der Waals surface area contributed by atoms with Gasteiger partial charge in [-0.3, -0.25) is 10.1 Å². The highest BCUT2D eigenvalue weighted by molar-refractivity contribution is 7.88. The first-order valence-corrected chi connectivity index (χ1v) is 8.52. The van der Waals surface area contributed by atoms with E-state index in [1.807, 2.05) is 24.3 Å². The molecule has 2 aromatic rings. The first-order chi connectivity index (χ1) is 9.95. The number of fused-ring (bicyclic) bond motifs is 1. The molecule has 1 atom stereocenters. The lowest BCUT2D eigenvalue weighted by Crippen LogP contribution is -2.42. The molecule has 3 rings (SSSR count). The molecule has 2 N–H and O–H groups in total. The van der Waals surface area contributed by atoms with Gasteiger partial charge in [0.2, 0.25) is 21.9 Å². The van der Waals surface area contributed by atoms with Crippen LogP contribution in [0.2, 0.25) is 0 Å². The largest absolute Gasteiger partial charge is 0.324 e. The summed E-state index contributed by atoms with van der Waals surface area (Å²) < 4.78 is 24.6. The summed E-state index contributed by atoms with van der Waals surface area (Å²) in [5.41, 5.74) is 1.57. The number of amides is 1. The molecule has 1 aliphatic rings. The van der Waals surface area contributed by atoms with E-state index in [0.717, 1.165) is 17.3 Å². The van der Waals surface area contributed by atoms with Crippen molar-refractivity contribution in [2.75, 3.05) is 18.1 Å². The Kier molecular flexibility index (Phi) is 3.42. The molecule has 0 unspecified atom stereocenters. The molecule has 7 nitrogen and oxygen atoms in total. The zero-order valence-electron chi connectivity index (χ0n) is 11.5. The number of aromatic nitrogens is 2. The first kappa shape index (κ1) is 14.0. The summed E-state index contributed by atoms with van der Waals surface area (Å²) in [6.45, 7) is 0.386. The van der Waals surface area contributed by atoms with E-state index in [0.29, 0.717) is 25.3 Å². The summed E-state index contributed by atoms with van der Waals surface area (Å²) in [6.07, 6.45) is 2.34. The molecule has 2 heterocycles. The summed E-state index contributed by atoms with van der Waals surface area (Å²) in [5.74, 6) is -0.0152. The molecule has 1 amide bonds. The molecule has 1 fully saturated rings. The van der Waals surface area contributed by atoms with Crippen LogP contribution in [0.5, 0.6) is 0 Å². The summed E-state index contributed by atoms with van der Waals surface area (Å²) in [6, 6.07) is 6.76. The number of anilines is 1. The van der Waals surface area contributed by atoms with Gasteiger partial charge in [-0.15, -0.1) is 0 Å². The van der Waals surface area contributed by atoms with E-state index in [9.17, 15) is 13.2 Å². The standard InChI is InChI=1S/C13H16N4O3S/c1-21(19,20)17-8-4-7-11(17)12(18)16-13-14-9-5-2-3-6-10(9)15-13/h2-3,5-6,11H,4,7-8H2,1H3,(H2,14,15,16,18)/t11-/m1/s1. The fourth-order valence-electron chi connectivity index (χ4n) is 2.61. The number of H-pyrrole nitrogens is 1. The molecule has 1 saturated heterocycles. The number of sulfonamides is 1. The number of hydrogen-bond donors (Lipinski definition) is 2. The van der Waals surface area contributed by atoms with Gasteiger partial charge >= 0.3 is 0 Å². The van der Waals surface area contributed by atoms with E-state index in [1.54, 1.807) is 0 Å². The molecule has 0 bridgehead atoms. The Bertz CT molecular complexity index is 751. The highest BCUT2D eigenvalue weighted by Gasteiger charge is 2.36. The summed E-state index contributed by atoms with van der Waals surface area (Å²) in [7, 11) is -3.37. The summed E-state index contributed by atoms with van der Waals surface area (Å²) >= 11 is 0. The molecular formula is C13H16N4O3S. The van der Waals surface area contributed by atoms with Crippen molar-refractivity contribution < 1.29 is 13.2 Å². The fourth-order valence-corrected chi connectivity index (χ4v) is 3.74. The molecule has 1 aromatic carbocycles. The van der Waals surface area contributed by atoms with Gasteiger partial charge in [0.1, 0.15) is 6.04 Å². The lowest BCUT2D eigenvalue weighted by molar-refractivity contribution is -0.119. The Morgan fingerprint density at radius 3 is 2.90 bits per heavy atom. The number of benzene rings is 1. The van der Waals surface area contributed by atoms with Gasteiger partial charge in [0.25, 0.3) is 0 Å². The first-order valence-electron chi connectivity index (χ1n) is 6.67. The maximum atomic E-state index is 12.3. The lowest BCUT2D eigenvalue weighted by atomic mass is 10.2. The highest BCUT2D eigenvalue weighted by atomic mass is 32.2. The number of aromatic amines is 1. The topological polar surface area (TPSA) is 95.2 Å². The predicted octanol–water partition coefficient (Wildman–Crippen LogP) is 0.925. The maximum Gasteiger partial charge on any atom is 0.245 e. The predicted molar refractivity (Wildman–Crippen MR) is 79.3 cm³/mol. The Balaban J connectivity index is 1.79. The second-order valence-electron chi connectivity index (χ2n) is 5.12. The van der Waals surface area contributed by atoms with E-state index in [2.05, 4.69) is 15.3 Å². The third-order valence-corrected chi connectivity index (χ3v) is 4.85. The molecule has 112 valence electrons. The zero-order valence-corrected chi connectivity index (χ0v) is 12.4. The Labute approximate surface area is 122 Å². The van der Waals surface area contributed by atoms with Gasteiger partial charge in [-0.2, -0.15) is 4.31 Å². The van der Waals surface area contributed by atoms with Gasteiger partial charge in [-0.1, -0.05) is 12.1 Å². The maximum absolute atomic E-state index is 12.3. The van der Waals surface area contributed by atoms with Crippen LogP contribution in [-0.2, 0) is 14.8 Å². The van der Waals surface area contributed by atoms with Crippen molar-refractivity contribution in [3.63, 3.8) is 0 Å². The minimum absolute atomic E-state index is 0.335. The van der Waals surface area contributed by atoms with Crippen molar-refractivity contribution in [1.29, 1.82) is 0 Å². The van der Waals surface area contributed by atoms with Gasteiger partial charge in [0.15, 0.2) is 0 Å². The van der Waals surface area contributed by atoms with Crippen molar-refractivity contribution in [3.05, 3.63) is 24.3 Å². The monoisotopic (exact) mass is 308 g/mol. The summed E-state index contributed by atoms with van der Waals surface area (Å²) in [4.78, 5) is 19.5. The number of hydrogen-bond acceptors (Lipinski definition) is 4. The van der Waals surface area contributed by atoms with Gasteiger partial charge < -0.3 is 4.98 Å². The minimum atomic E-state index is -3.37. The van der Waals surface area contributed by atoms with E-state index in [4.69, 9.17) is 0 Å². The van der Waals surface area contributed by atoms with Crippen LogP contribution in [0.3, 0.4) is 0 Å². The number of rotatable bonds is 3. The van der Waals surface area contributed by atoms with Gasteiger partial charge in [0.05, 0.1) is 17.3 Å². The Morgan fingerprint density at radius 2 is 2.19 bits per heavy atom. The molecule has 1 aliphatic heterocycles. The fraction of sp³-hybridized carbons (Fsp3) is 0.385. The van der Waals surface area contributed by atoms with Crippen molar-refractivity contribution in [3.8, 4) is 0 Å². The number of imidazole rings is 1. The van der Waals surface area contributed by atoms with Gasteiger partial charge in [0, 0.05) is 6.54 Å². The molecule has 8 heteroatoms. The minimum Gasteiger partial charge on any atom is -0.324 e. The molecule has 0 spiro atoms. The molecule has 1 aromatic heterocycles. The number of carbonyl (C=O) groups is 1. The molecule has 0 radical (unpaired) electrons. The van der Waals surface area contributed by atoms with E-state index in [1.165, 1.54) is 4.31 Å². The second kappa shape index (κ2) is 5.12. The Hall–Kier alpha value is -1.93. The van der Waals surface area contributed by atoms with Crippen molar-refractivity contribution in [2.24, 2.45) is 0 Å².